The maximum absolute atomic E-state index is 13.1. The van der Waals surface area contributed by atoms with Gasteiger partial charge >= 0.3 is 0 Å². The normalized spacial score (nSPS) is 17.1. The highest BCUT2D eigenvalue weighted by Gasteiger charge is 2.32. The molecule has 0 spiro atoms. The van der Waals surface area contributed by atoms with E-state index in [0.717, 1.165) is 0 Å². The maximum Gasteiger partial charge on any atom is 0.261 e. The fourth-order valence-electron chi connectivity index (χ4n) is 4.29. The van der Waals surface area contributed by atoms with Gasteiger partial charge in [0, 0.05) is 18.7 Å². The van der Waals surface area contributed by atoms with Gasteiger partial charge in [0.05, 0.1) is 5.56 Å². The highest BCUT2D eigenvalue weighted by Crippen LogP contribution is 2.35. The molecule has 3 aromatic rings. The number of nitrogens with two attached hydrogens (primary N) is 1. The number of nitrogens with zero attached hydrogens (tertiary/aromatic N) is 1. The number of fused-ring (bicyclic) bond motifs is 2. The lowest BCUT2D eigenvalue weighted by atomic mass is 10.0. The van der Waals surface area contributed by atoms with Gasteiger partial charge in [0.15, 0.2) is 18.1 Å². The number of benzene rings is 2. The Morgan fingerprint density at radius 3 is 2.74 bits per heavy atom. The van der Waals surface area contributed by atoms with Crippen molar-refractivity contribution in [3.8, 4) is 34.1 Å². The van der Waals surface area contributed by atoms with E-state index in [1.807, 2.05) is 0 Å². The van der Waals surface area contributed by atoms with E-state index in [-0.39, 0.29) is 34.6 Å². The van der Waals surface area contributed by atoms with Crippen molar-refractivity contribution < 1.29 is 33.3 Å². The Morgan fingerprint density at radius 2 is 1.94 bits per heavy atom. The van der Waals surface area contributed by atoms with Crippen LogP contribution in [0.2, 0.25) is 0 Å². The van der Waals surface area contributed by atoms with Crippen LogP contribution < -0.4 is 25.4 Å². The Balaban J connectivity index is 1.39. The number of likely N-dealkylation sites (tertiary alicyclic amines) is 1. The van der Waals surface area contributed by atoms with Gasteiger partial charge in [0.2, 0.25) is 11.3 Å². The molecule has 2 aromatic carbocycles. The Kier molecular flexibility index (Phi) is 5.48. The van der Waals surface area contributed by atoms with Crippen LogP contribution in [-0.4, -0.2) is 54.2 Å². The maximum atomic E-state index is 13.1. The van der Waals surface area contributed by atoms with E-state index in [9.17, 15) is 19.5 Å². The largest absolute Gasteiger partial charge is 0.507 e. The second-order valence-corrected chi connectivity index (χ2v) is 8.09. The van der Waals surface area contributed by atoms with Gasteiger partial charge in [-0.15, -0.1) is 0 Å². The number of hydrogen-bond donors (Lipinski definition) is 2. The Morgan fingerprint density at radius 1 is 1.15 bits per heavy atom. The summed E-state index contributed by atoms with van der Waals surface area (Å²) in [5.41, 5.74) is 5.83. The molecule has 10 heteroatoms. The van der Waals surface area contributed by atoms with Gasteiger partial charge in [-0.3, -0.25) is 14.4 Å². The fraction of sp³-hybridized carbons (Fsp3) is 0.292. The number of phenolic OH excluding ortho intramolecular Hbond substituents is 1. The van der Waals surface area contributed by atoms with Crippen LogP contribution in [0, 0.1) is 0 Å². The van der Waals surface area contributed by atoms with Crippen LogP contribution in [0.25, 0.3) is 22.1 Å². The van der Waals surface area contributed by atoms with Crippen LogP contribution in [0.15, 0.2) is 45.8 Å². The summed E-state index contributed by atoms with van der Waals surface area (Å²) in [5, 5.41) is 10.5. The van der Waals surface area contributed by atoms with Gasteiger partial charge in [-0.25, -0.2) is 0 Å². The smallest absolute Gasteiger partial charge is 0.261 e. The molecule has 1 unspecified atom stereocenters. The first-order valence-electron chi connectivity index (χ1n) is 10.8. The summed E-state index contributed by atoms with van der Waals surface area (Å²) in [4.78, 5) is 38.5. The van der Waals surface area contributed by atoms with E-state index in [1.54, 1.807) is 18.2 Å². The van der Waals surface area contributed by atoms with Gasteiger partial charge in [0.25, 0.3) is 5.91 Å². The third-order valence-corrected chi connectivity index (χ3v) is 5.95. The molecule has 1 fully saturated rings. The van der Waals surface area contributed by atoms with Crippen molar-refractivity contribution in [1.82, 2.24) is 4.90 Å². The van der Waals surface area contributed by atoms with Crippen molar-refractivity contribution in [1.29, 1.82) is 0 Å². The minimum atomic E-state index is -0.641. The molecule has 2 aliphatic heterocycles. The number of amides is 2. The van der Waals surface area contributed by atoms with E-state index in [4.69, 9.17) is 24.4 Å². The van der Waals surface area contributed by atoms with Gasteiger partial charge in [0.1, 0.15) is 48.0 Å². The highest BCUT2D eigenvalue weighted by molar-refractivity contribution is 5.89. The highest BCUT2D eigenvalue weighted by atomic mass is 16.6. The number of carbonyl (C=O) groups is 2. The number of rotatable bonds is 5. The van der Waals surface area contributed by atoms with Crippen LogP contribution in [-0.2, 0) is 9.59 Å². The second kappa shape index (κ2) is 8.62. The number of ether oxygens (including phenoxy) is 3. The lowest BCUT2D eigenvalue weighted by molar-refractivity contribution is -0.138. The standard InChI is InChI=1S/C24H22N2O8/c25-24(30)16-2-1-5-26(16)21(28)12-33-14-9-17(27)22-20(10-14)34-11-15(23(22)29)13-3-4-18-19(8-13)32-7-6-31-18/h3-4,8-11,16,27H,1-2,5-7,12H2,(H2,25,30). The van der Waals surface area contributed by atoms with Crippen molar-refractivity contribution in [2.75, 3.05) is 26.4 Å². The molecule has 5 rings (SSSR count). The summed E-state index contributed by atoms with van der Waals surface area (Å²) in [6.45, 7) is 0.943. The summed E-state index contributed by atoms with van der Waals surface area (Å²) >= 11 is 0. The molecular weight excluding hydrogens is 444 g/mol. The molecule has 0 bridgehead atoms. The number of hydrogen-bond acceptors (Lipinski definition) is 8. The molecule has 10 nitrogen and oxygen atoms in total. The van der Waals surface area contributed by atoms with E-state index >= 15 is 0 Å². The minimum absolute atomic E-state index is 0.0144. The van der Waals surface area contributed by atoms with E-state index in [2.05, 4.69) is 0 Å². The molecule has 3 N–H and O–H groups in total. The predicted molar refractivity (Wildman–Crippen MR) is 120 cm³/mol. The summed E-state index contributed by atoms with van der Waals surface area (Å²) in [7, 11) is 0. The third kappa shape index (κ3) is 3.87. The first-order valence-corrected chi connectivity index (χ1v) is 10.8. The molecule has 2 aliphatic rings. The molecule has 0 radical (unpaired) electrons. The molecule has 0 saturated carbocycles. The molecule has 176 valence electrons. The van der Waals surface area contributed by atoms with Crippen molar-refractivity contribution >= 4 is 22.8 Å². The quantitative estimate of drug-likeness (QED) is 0.580. The Hall–Kier alpha value is -4.21. The lowest BCUT2D eigenvalue weighted by Gasteiger charge is -2.22. The first kappa shape index (κ1) is 21.6. The zero-order chi connectivity index (χ0) is 23.8. The molecule has 34 heavy (non-hydrogen) atoms. The van der Waals surface area contributed by atoms with Crippen molar-refractivity contribution in [2.45, 2.75) is 18.9 Å². The average molecular weight is 466 g/mol. The number of phenols is 1. The summed E-state index contributed by atoms with van der Waals surface area (Å²) in [6, 6.07) is 7.14. The zero-order valence-corrected chi connectivity index (χ0v) is 18.1. The Bertz CT molecular complexity index is 1350. The van der Waals surface area contributed by atoms with Crippen molar-refractivity contribution in [3.63, 3.8) is 0 Å². The molecule has 0 aliphatic carbocycles. The number of carbonyl (C=O) groups excluding carboxylic acids is 2. The molecular formula is C24H22N2O8. The Labute approximate surface area is 193 Å². The summed E-state index contributed by atoms with van der Waals surface area (Å²) in [5.74, 6) is -0.0262. The molecule has 1 saturated heterocycles. The minimum Gasteiger partial charge on any atom is -0.507 e. The van der Waals surface area contributed by atoms with Crippen LogP contribution in [0.5, 0.6) is 23.0 Å². The fourth-order valence-corrected chi connectivity index (χ4v) is 4.29. The number of aromatic hydroxyl groups is 1. The predicted octanol–water partition coefficient (Wildman–Crippen LogP) is 1.79. The van der Waals surface area contributed by atoms with Crippen molar-refractivity contribution in [3.05, 3.63) is 46.8 Å². The molecule has 3 heterocycles. The van der Waals surface area contributed by atoms with E-state index in [1.165, 1.54) is 23.3 Å². The summed E-state index contributed by atoms with van der Waals surface area (Å²) in [6.07, 6.45) is 2.51. The topological polar surface area (TPSA) is 142 Å². The second-order valence-electron chi connectivity index (χ2n) is 8.09. The molecule has 1 atom stereocenters. The van der Waals surface area contributed by atoms with Gasteiger partial charge in [-0.2, -0.15) is 0 Å². The lowest BCUT2D eigenvalue weighted by Crippen LogP contribution is -2.45. The van der Waals surface area contributed by atoms with Gasteiger partial charge < -0.3 is 34.4 Å². The molecule has 1 aromatic heterocycles. The molecule has 2 amide bonds. The van der Waals surface area contributed by atoms with Crippen LogP contribution in [0.1, 0.15) is 12.8 Å². The SMILES string of the molecule is NC(=O)C1CCCN1C(=O)COc1cc(O)c2c(=O)c(-c3ccc4c(c3)OCCO4)coc2c1. The van der Waals surface area contributed by atoms with Crippen LogP contribution >= 0.6 is 0 Å². The first-order chi connectivity index (χ1) is 16.4. The monoisotopic (exact) mass is 466 g/mol. The van der Waals surface area contributed by atoms with Crippen LogP contribution in [0.4, 0.5) is 0 Å². The van der Waals surface area contributed by atoms with Crippen molar-refractivity contribution in [2.24, 2.45) is 5.73 Å². The van der Waals surface area contributed by atoms with E-state index in [0.29, 0.717) is 49.7 Å². The van der Waals surface area contributed by atoms with Gasteiger partial charge in [-0.1, -0.05) is 6.07 Å². The van der Waals surface area contributed by atoms with Gasteiger partial charge in [-0.05, 0) is 30.5 Å². The van der Waals surface area contributed by atoms with E-state index < -0.39 is 23.3 Å². The number of primary amides is 1. The zero-order valence-electron chi connectivity index (χ0n) is 18.1. The average Bonchev–Trinajstić information content (AvgIpc) is 3.33. The summed E-state index contributed by atoms with van der Waals surface area (Å²) < 4.78 is 22.2. The third-order valence-electron chi connectivity index (χ3n) is 5.95. The van der Waals surface area contributed by atoms with Crippen LogP contribution in [0.3, 0.4) is 0 Å².